The maximum Gasteiger partial charge on any atom is 0.149 e. The van der Waals surface area contributed by atoms with Gasteiger partial charge in [-0.1, -0.05) is 54.1 Å². The molecule has 0 saturated heterocycles. The van der Waals surface area contributed by atoms with Crippen LogP contribution in [0.4, 0.5) is 0 Å². The van der Waals surface area contributed by atoms with E-state index in [0.717, 1.165) is 27.7 Å². The van der Waals surface area contributed by atoms with E-state index in [-0.39, 0.29) is 5.56 Å². The average Bonchev–Trinajstić information content (AvgIpc) is 3.44. The number of imidazole rings is 1. The van der Waals surface area contributed by atoms with E-state index in [1.54, 1.807) is 24.5 Å². The molecular weight excluding hydrogens is 404 g/mol. The van der Waals surface area contributed by atoms with Crippen LogP contribution in [0.3, 0.4) is 0 Å². The predicted molar refractivity (Wildman–Crippen MR) is 136 cm³/mol. The van der Waals surface area contributed by atoms with Gasteiger partial charge in [-0.2, -0.15) is 0 Å². The first-order valence-corrected chi connectivity index (χ1v) is 11.0. The number of aryl methyl sites for hydroxylation is 3. The third-order valence-electron chi connectivity index (χ3n) is 6.21. The highest BCUT2D eigenvalue weighted by Gasteiger charge is 2.19. The lowest BCUT2D eigenvalue weighted by Crippen LogP contribution is -2.00. The van der Waals surface area contributed by atoms with E-state index in [2.05, 4.69) is 60.9 Å². The highest BCUT2D eigenvalue weighted by atomic mass is 16.3. The largest absolute Gasteiger partial charge is 0.464 e. The quantitative estimate of drug-likeness (QED) is 0.284. The molecule has 0 spiro atoms. The summed E-state index contributed by atoms with van der Waals surface area (Å²) in [6, 6.07) is 27.8. The summed E-state index contributed by atoms with van der Waals surface area (Å²) in [4.78, 5) is 4.98. The average molecular weight is 432 g/mol. The van der Waals surface area contributed by atoms with E-state index in [1.807, 2.05) is 24.3 Å². The first-order chi connectivity index (χ1) is 17.3. The lowest BCUT2D eigenvalue weighted by Gasteiger charge is -2.16. The number of aromatic nitrogens is 2. The van der Waals surface area contributed by atoms with E-state index in [1.165, 1.54) is 22.3 Å². The van der Waals surface area contributed by atoms with Crippen LogP contribution in [0.5, 0.6) is 0 Å². The first-order valence-electron chi connectivity index (χ1n) is 12.5. The van der Waals surface area contributed by atoms with Crippen LogP contribution in [0.1, 0.15) is 20.8 Å². The van der Waals surface area contributed by atoms with Crippen molar-refractivity contribution in [2.75, 3.05) is 0 Å². The smallest absolute Gasteiger partial charge is 0.149 e. The Kier molecular flexibility index (Phi) is 3.75. The van der Waals surface area contributed by atoms with Crippen molar-refractivity contribution in [3.05, 3.63) is 108 Å². The van der Waals surface area contributed by atoms with E-state index in [0.29, 0.717) is 11.4 Å². The van der Waals surface area contributed by atoms with Crippen molar-refractivity contribution in [3.8, 4) is 28.2 Å². The third kappa shape index (κ3) is 3.16. The van der Waals surface area contributed by atoms with E-state index < -0.39 is 6.85 Å². The zero-order valence-corrected chi connectivity index (χ0v) is 18.5. The molecule has 4 aromatic carbocycles. The molecule has 0 bridgehead atoms. The molecule has 6 rings (SSSR count). The number of hydrogen-bond donors (Lipinski definition) is 0. The molecule has 2 heterocycles. The van der Waals surface area contributed by atoms with Crippen molar-refractivity contribution in [3.63, 3.8) is 0 Å². The van der Waals surface area contributed by atoms with Crippen molar-refractivity contribution >= 4 is 22.0 Å². The molecule has 0 aliphatic carbocycles. The molecule has 0 fully saturated rings. The molecule has 0 aliphatic rings. The van der Waals surface area contributed by atoms with Crippen LogP contribution in [-0.2, 0) is 0 Å². The molecule has 0 saturated carbocycles. The molecule has 6 aromatic rings. The summed E-state index contributed by atoms with van der Waals surface area (Å²) in [5, 5.41) is 0.731. The van der Waals surface area contributed by atoms with Crippen LogP contribution in [0, 0.1) is 20.7 Å². The van der Waals surface area contributed by atoms with Gasteiger partial charge in [-0.05, 0) is 79.4 Å². The van der Waals surface area contributed by atoms with Crippen LogP contribution >= 0.6 is 0 Å². The molecule has 160 valence electrons. The van der Waals surface area contributed by atoms with Crippen LogP contribution < -0.4 is 0 Å². The second-order valence-electron chi connectivity index (χ2n) is 8.44. The van der Waals surface area contributed by atoms with Gasteiger partial charge in [-0.25, -0.2) is 4.98 Å². The highest BCUT2D eigenvalue weighted by molar-refractivity contribution is 5.95. The number of para-hydroxylation sites is 2. The van der Waals surface area contributed by atoms with Crippen LogP contribution in [0.2, 0.25) is 0 Å². The molecule has 0 aliphatic heterocycles. The van der Waals surface area contributed by atoms with Gasteiger partial charge < -0.3 is 4.42 Å². The summed E-state index contributed by atoms with van der Waals surface area (Å²) in [6.07, 6.45) is 1.67. The Bertz CT molecular complexity index is 1720. The highest BCUT2D eigenvalue weighted by Crippen LogP contribution is 2.37. The zero-order chi connectivity index (χ0) is 25.0. The summed E-state index contributed by atoms with van der Waals surface area (Å²) >= 11 is 0. The SMILES string of the molecule is [2H]C([2H])([2H])c1ccc2occ(-c3nc4ccccc4n3-c3cc(C)c(-c4ccccc4)c(C)c3)c2c1. The number of furan rings is 1. The van der Waals surface area contributed by atoms with Gasteiger partial charge >= 0.3 is 0 Å². The zero-order valence-electron chi connectivity index (χ0n) is 21.5. The third-order valence-corrected chi connectivity index (χ3v) is 6.21. The standard InChI is InChI=1S/C30H24N2O/c1-19-13-14-28-24(15-19)25(18-33-28)30-31-26-11-7-8-12-27(26)32(30)23-16-20(2)29(21(3)17-23)22-9-5-4-6-10-22/h4-18H,1-3H3/i1D3. The molecule has 0 N–H and O–H groups in total. The van der Waals surface area contributed by atoms with E-state index in [4.69, 9.17) is 13.5 Å². The van der Waals surface area contributed by atoms with Gasteiger partial charge in [-0.15, -0.1) is 0 Å². The minimum atomic E-state index is -2.20. The molecule has 2 aromatic heterocycles. The maximum atomic E-state index is 7.86. The Morgan fingerprint density at radius 3 is 2.39 bits per heavy atom. The number of rotatable bonds is 3. The van der Waals surface area contributed by atoms with Gasteiger partial charge in [0.1, 0.15) is 17.7 Å². The van der Waals surface area contributed by atoms with Crippen LogP contribution in [0.25, 0.3) is 50.2 Å². The molecule has 3 heteroatoms. The normalized spacial score (nSPS) is 13.2. The minimum Gasteiger partial charge on any atom is -0.464 e. The van der Waals surface area contributed by atoms with Gasteiger partial charge in [0.2, 0.25) is 0 Å². The van der Waals surface area contributed by atoms with Gasteiger partial charge in [0.25, 0.3) is 0 Å². The Morgan fingerprint density at radius 2 is 1.61 bits per heavy atom. The fraction of sp³-hybridized carbons (Fsp3) is 0.100. The van der Waals surface area contributed by atoms with Crippen molar-refractivity contribution in [2.45, 2.75) is 20.7 Å². The Balaban J connectivity index is 1.61. The van der Waals surface area contributed by atoms with Crippen LogP contribution in [0.15, 0.2) is 95.6 Å². The topological polar surface area (TPSA) is 31.0 Å². The van der Waals surface area contributed by atoms with Gasteiger partial charge in [0.05, 0.1) is 16.6 Å². The number of nitrogens with zero attached hydrogens (tertiary/aromatic N) is 2. The molecular formula is C30H24N2O. The number of fused-ring (bicyclic) bond motifs is 2. The Morgan fingerprint density at radius 1 is 0.848 bits per heavy atom. The summed E-state index contributed by atoms with van der Waals surface area (Å²) in [5.41, 5.74) is 9.24. The monoisotopic (exact) mass is 431 g/mol. The van der Waals surface area contributed by atoms with Crippen LogP contribution in [-0.4, -0.2) is 9.55 Å². The summed E-state index contributed by atoms with van der Waals surface area (Å²) in [6.45, 7) is 2.06. The van der Waals surface area contributed by atoms with E-state index in [9.17, 15) is 0 Å². The van der Waals surface area contributed by atoms with Crippen molar-refractivity contribution in [1.82, 2.24) is 9.55 Å². The summed E-state index contributed by atoms with van der Waals surface area (Å²) < 4.78 is 31.6. The number of benzene rings is 4. The van der Waals surface area contributed by atoms with Crippen molar-refractivity contribution < 1.29 is 8.53 Å². The minimum absolute atomic E-state index is 0.277. The molecule has 0 amide bonds. The fourth-order valence-electron chi connectivity index (χ4n) is 4.80. The molecule has 33 heavy (non-hydrogen) atoms. The summed E-state index contributed by atoms with van der Waals surface area (Å²) in [5.74, 6) is 0.712. The van der Waals surface area contributed by atoms with Gasteiger partial charge in [-0.3, -0.25) is 4.57 Å². The predicted octanol–water partition coefficient (Wildman–Crippen LogP) is 8.03. The lowest BCUT2D eigenvalue weighted by atomic mass is 9.95. The van der Waals surface area contributed by atoms with Crippen molar-refractivity contribution in [2.24, 2.45) is 0 Å². The van der Waals surface area contributed by atoms with E-state index >= 15 is 0 Å². The first kappa shape index (κ1) is 16.5. The maximum absolute atomic E-state index is 7.86. The Hall–Kier alpha value is -4.11. The molecule has 0 unspecified atom stereocenters. The Labute approximate surface area is 197 Å². The van der Waals surface area contributed by atoms with Crippen molar-refractivity contribution in [1.29, 1.82) is 0 Å². The molecule has 0 atom stereocenters. The summed E-state index contributed by atoms with van der Waals surface area (Å²) in [7, 11) is 0. The number of hydrogen-bond acceptors (Lipinski definition) is 2. The van der Waals surface area contributed by atoms with Gasteiger partial charge in [0, 0.05) is 15.2 Å². The lowest BCUT2D eigenvalue weighted by molar-refractivity contribution is 0.616. The van der Waals surface area contributed by atoms with Gasteiger partial charge in [0.15, 0.2) is 0 Å². The second kappa shape index (κ2) is 7.49. The molecule has 0 radical (unpaired) electrons. The molecule has 3 nitrogen and oxygen atoms in total. The second-order valence-corrected chi connectivity index (χ2v) is 8.44. The fourth-order valence-corrected chi connectivity index (χ4v) is 4.80.